The zero-order chi connectivity index (χ0) is 29.6. The highest BCUT2D eigenvalue weighted by Gasteiger charge is 2.40. The average molecular weight is 592 g/mol. The lowest BCUT2D eigenvalue weighted by molar-refractivity contribution is -0.137. The van der Waals surface area contributed by atoms with E-state index >= 15 is 0 Å². The Balaban J connectivity index is 1.34. The molecule has 0 saturated heterocycles. The van der Waals surface area contributed by atoms with E-state index in [1.165, 1.54) is 4.57 Å². The lowest BCUT2D eigenvalue weighted by atomic mass is 9.95. The summed E-state index contributed by atoms with van der Waals surface area (Å²) in [4.78, 5) is 42.7. The molecule has 12 heteroatoms. The number of benzene rings is 3. The van der Waals surface area contributed by atoms with Crippen molar-refractivity contribution in [2.45, 2.75) is 44.6 Å². The van der Waals surface area contributed by atoms with Crippen molar-refractivity contribution < 1.29 is 23.5 Å². The Kier molecular flexibility index (Phi) is 6.97. The predicted molar refractivity (Wildman–Crippen MR) is 153 cm³/mol. The lowest BCUT2D eigenvalue weighted by Crippen LogP contribution is -2.25. The van der Waals surface area contributed by atoms with Gasteiger partial charge in [0.1, 0.15) is 5.82 Å². The molecule has 1 aliphatic rings. The zero-order valence-electron chi connectivity index (χ0n) is 22.3. The van der Waals surface area contributed by atoms with Crippen LogP contribution in [0.15, 0.2) is 64.5 Å². The van der Waals surface area contributed by atoms with Gasteiger partial charge in [0, 0.05) is 42.0 Å². The number of carbonyl (C=O) groups is 1. The summed E-state index contributed by atoms with van der Waals surface area (Å²) in [6, 6.07) is 14.1. The number of nitrogens with zero attached hydrogens (tertiary/aromatic N) is 4. The van der Waals surface area contributed by atoms with E-state index in [2.05, 4.69) is 15.1 Å². The summed E-state index contributed by atoms with van der Waals surface area (Å²) in [5.74, 6) is -1.99. The molecule has 1 aliphatic heterocycles. The average Bonchev–Trinajstić information content (AvgIpc) is 3.56. The molecular formula is C30H24ClF2N5O4. The summed E-state index contributed by atoms with van der Waals surface area (Å²) < 4.78 is 29.0. The molecule has 6 rings (SSSR count). The Bertz CT molecular complexity index is 1920. The van der Waals surface area contributed by atoms with Crippen LogP contribution in [-0.2, 0) is 21.7 Å². The maximum absolute atomic E-state index is 13.7. The van der Waals surface area contributed by atoms with E-state index in [1.54, 1.807) is 49.4 Å². The highest BCUT2D eigenvalue weighted by atomic mass is 35.5. The molecule has 2 aromatic heterocycles. The molecule has 0 amide bonds. The number of nitrogens with one attached hydrogen (secondary N) is 1. The van der Waals surface area contributed by atoms with Gasteiger partial charge in [-0.3, -0.25) is 14.2 Å². The second kappa shape index (κ2) is 10.6. The molecule has 0 fully saturated rings. The topological polar surface area (TPSA) is 122 Å². The third-order valence-electron chi connectivity index (χ3n) is 7.28. The molecule has 3 heterocycles. The molecule has 0 aliphatic carbocycles. The molecule has 0 spiro atoms. The van der Waals surface area contributed by atoms with Crippen LogP contribution in [0.1, 0.15) is 49.8 Å². The van der Waals surface area contributed by atoms with Crippen molar-refractivity contribution >= 4 is 45.2 Å². The van der Waals surface area contributed by atoms with Crippen molar-refractivity contribution in [1.29, 1.82) is 0 Å². The normalized spacial score (nSPS) is 16.6. The number of halogens is 3. The highest BCUT2D eigenvalue weighted by Crippen LogP contribution is 2.36. The SMILES string of the molecule is C[C@]1(c2nc3cc(F)c(F)cc3[nH]2)CC(c2ccc3c(=O)n(-c4ccc(Cl)cc4)c(CCCCC(=O)O)nc3c2)=NO1. The van der Waals surface area contributed by atoms with Crippen LogP contribution in [0.4, 0.5) is 8.78 Å². The fourth-order valence-electron chi connectivity index (χ4n) is 5.07. The largest absolute Gasteiger partial charge is 0.481 e. The second-order valence-corrected chi connectivity index (χ2v) is 10.8. The molecule has 5 aromatic rings. The van der Waals surface area contributed by atoms with Crippen molar-refractivity contribution in [2.24, 2.45) is 5.16 Å². The van der Waals surface area contributed by atoms with Gasteiger partial charge < -0.3 is 14.9 Å². The van der Waals surface area contributed by atoms with Gasteiger partial charge in [-0.1, -0.05) is 22.8 Å². The third kappa shape index (κ3) is 5.11. The Labute approximate surface area is 242 Å². The number of imidazole rings is 1. The summed E-state index contributed by atoms with van der Waals surface area (Å²) in [6.45, 7) is 1.77. The minimum atomic E-state index is -1.02. The van der Waals surface area contributed by atoms with Gasteiger partial charge in [0.25, 0.3) is 5.56 Å². The molecule has 42 heavy (non-hydrogen) atoms. The lowest BCUT2D eigenvalue weighted by Gasteiger charge is -2.18. The first-order chi connectivity index (χ1) is 20.1. The number of oxime groups is 1. The fourth-order valence-corrected chi connectivity index (χ4v) is 5.20. The summed E-state index contributed by atoms with van der Waals surface area (Å²) in [7, 11) is 0. The van der Waals surface area contributed by atoms with Gasteiger partial charge >= 0.3 is 5.97 Å². The van der Waals surface area contributed by atoms with E-state index in [1.807, 2.05) is 0 Å². The van der Waals surface area contributed by atoms with Crippen LogP contribution in [0.3, 0.4) is 0 Å². The molecule has 1 atom stereocenters. The van der Waals surface area contributed by atoms with Gasteiger partial charge in [0.15, 0.2) is 23.1 Å². The van der Waals surface area contributed by atoms with E-state index in [4.69, 9.17) is 26.5 Å². The van der Waals surface area contributed by atoms with Crippen LogP contribution >= 0.6 is 11.6 Å². The van der Waals surface area contributed by atoms with Crippen molar-refractivity contribution in [3.05, 3.63) is 98.8 Å². The smallest absolute Gasteiger partial charge is 0.303 e. The number of aromatic nitrogens is 4. The molecule has 0 saturated carbocycles. The van der Waals surface area contributed by atoms with Gasteiger partial charge in [-0.15, -0.1) is 0 Å². The van der Waals surface area contributed by atoms with Crippen molar-refractivity contribution in [2.75, 3.05) is 0 Å². The number of carboxylic acids is 1. The van der Waals surface area contributed by atoms with Crippen LogP contribution < -0.4 is 5.56 Å². The Hall–Kier alpha value is -4.64. The summed E-state index contributed by atoms with van der Waals surface area (Å²) in [6.07, 6.45) is 1.68. The Morgan fingerprint density at radius 2 is 1.83 bits per heavy atom. The number of unbranched alkanes of at least 4 members (excludes halogenated alkanes) is 1. The van der Waals surface area contributed by atoms with Crippen molar-refractivity contribution in [3.63, 3.8) is 0 Å². The molecule has 214 valence electrons. The maximum Gasteiger partial charge on any atom is 0.303 e. The van der Waals surface area contributed by atoms with Gasteiger partial charge in [0.05, 0.1) is 33.3 Å². The molecule has 0 unspecified atom stereocenters. The number of aromatic amines is 1. The van der Waals surface area contributed by atoms with Gasteiger partial charge in [-0.2, -0.15) is 0 Å². The number of H-pyrrole nitrogens is 1. The first-order valence-corrected chi connectivity index (χ1v) is 13.6. The minimum absolute atomic E-state index is 0.0244. The van der Waals surface area contributed by atoms with Gasteiger partial charge in [-0.25, -0.2) is 18.7 Å². The van der Waals surface area contributed by atoms with Crippen molar-refractivity contribution in [3.8, 4) is 5.69 Å². The Morgan fingerprint density at radius 1 is 1.07 bits per heavy atom. The van der Waals surface area contributed by atoms with Crippen molar-refractivity contribution in [1.82, 2.24) is 19.5 Å². The van der Waals surface area contributed by atoms with Crippen LogP contribution in [-0.4, -0.2) is 36.3 Å². The number of carboxylic acid groups (broad SMARTS) is 1. The molecule has 2 N–H and O–H groups in total. The molecule has 9 nitrogen and oxygen atoms in total. The van der Waals surface area contributed by atoms with Gasteiger partial charge in [-0.05, 0) is 56.2 Å². The molecule has 0 radical (unpaired) electrons. The van der Waals surface area contributed by atoms with E-state index in [9.17, 15) is 18.4 Å². The van der Waals surface area contributed by atoms with Crippen LogP contribution in [0.25, 0.3) is 27.6 Å². The standard InChI is InChI=1S/C30H24ClF2N5O4/c1-30(29-35-23-13-20(32)21(33)14-24(23)36-29)15-25(37-42-30)16-6-11-19-22(12-16)34-26(4-2-3-5-27(39)40)38(28(19)41)18-9-7-17(31)8-10-18/h6-14H,2-5,15H2,1H3,(H,35,36)(H,39,40)/t30-/m1/s1. The number of aryl methyl sites for hydroxylation is 1. The zero-order valence-corrected chi connectivity index (χ0v) is 23.1. The molecule has 3 aromatic carbocycles. The molecular weight excluding hydrogens is 568 g/mol. The van der Waals surface area contributed by atoms with E-state index < -0.39 is 23.2 Å². The minimum Gasteiger partial charge on any atom is -0.481 e. The quantitative estimate of drug-likeness (QED) is 0.212. The predicted octanol–water partition coefficient (Wildman–Crippen LogP) is 6.03. The van der Waals surface area contributed by atoms with Crippen LogP contribution in [0.2, 0.25) is 5.02 Å². The van der Waals surface area contributed by atoms with Crippen LogP contribution in [0, 0.1) is 11.6 Å². The highest BCUT2D eigenvalue weighted by molar-refractivity contribution is 6.30. The fraction of sp³-hybridized carbons (Fsp3) is 0.233. The van der Waals surface area contributed by atoms with Crippen LogP contribution in [0.5, 0.6) is 0 Å². The third-order valence-corrected chi connectivity index (χ3v) is 7.54. The summed E-state index contributed by atoms with van der Waals surface area (Å²) in [5, 5.41) is 14.2. The van der Waals surface area contributed by atoms with E-state index in [0.29, 0.717) is 75.7 Å². The number of fused-ring (bicyclic) bond motifs is 2. The van der Waals surface area contributed by atoms with Gasteiger partial charge in [0.2, 0.25) is 0 Å². The number of hydrogen-bond acceptors (Lipinski definition) is 6. The second-order valence-electron chi connectivity index (χ2n) is 10.4. The summed E-state index contributed by atoms with van der Waals surface area (Å²) in [5.41, 5.74) is 1.66. The number of rotatable bonds is 8. The molecule has 0 bridgehead atoms. The van der Waals surface area contributed by atoms with E-state index in [0.717, 1.165) is 12.1 Å². The number of hydrogen-bond donors (Lipinski definition) is 2. The first kappa shape index (κ1) is 27.5. The first-order valence-electron chi connectivity index (χ1n) is 13.3. The number of aliphatic carboxylic acids is 1. The van der Waals surface area contributed by atoms with E-state index in [-0.39, 0.29) is 17.5 Å². The monoisotopic (exact) mass is 591 g/mol. The Morgan fingerprint density at radius 3 is 2.60 bits per heavy atom. The summed E-state index contributed by atoms with van der Waals surface area (Å²) >= 11 is 6.06. The maximum atomic E-state index is 13.7.